The van der Waals surface area contributed by atoms with Crippen LogP contribution < -0.4 is 5.32 Å². The summed E-state index contributed by atoms with van der Waals surface area (Å²) in [6.07, 6.45) is 0. The van der Waals surface area contributed by atoms with Crippen LogP contribution in [0.25, 0.3) is 16.6 Å². The number of hydrogen-bond acceptors (Lipinski definition) is 3. The normalized spacial score (nSPS) is 12.5. The number of rotatable bonds is 3. The minimum absolute atomic E-state index is 0.0105. The van der Waals surface area contributed by atoms with Crippen molar-refractivity contribution in [3.63, 3.8) is 0 Å². The molecule has 1 aromatic heterocycles. The average Bonchev–Trinajstić information content (AvgIpc) is 2.55. The Morgan fingerprint density at radius 2 is 1.82 bits per heavy atom. The first-order valence-electron chi connectivity index (χ1n) is 7.06. The zero-order valence-corrected chi connectivity index (χ0v) is 13.2. The first-order valence-corrected chi connectivity index (χ1v) is 7.47. The highest BCUT2D eigenvalue weighted by molar-refractivity contribution is 7.71. The van der Waals surface area contributed by atoms with Crippen LogP contribution in [-0.4, -0.2) is 16.6 Å². The van der Waals surface area contributed by atoms with Crippen LogP contribution in [0.1, 0.15) is 18.8 Å². The van der Waals surface area contributed by atoms with E-state index in [0.717, 1.165) is 22.4 Å². The van der Waals surface area contributed by atoms with E-state index in [1.54, 1.807) is 12.1 Å². The molecule has 3 nitrogen and oxygen atoms in total. The monoisotopic (exact) mass is 313 g/mol. The number of para-hydroxylation sites is 1. The van der Waals surface area contributed by atoms with Crippen molar-refractivity contribution < 1.29 is 4.39 Å². The fourth-order valence-electron chi connectivity index (χ4n) is 2.41. The summed E-state index contributed by atoms with van der Waals surface area (Å²) in [5.74, 6) is 0.532. The lowest BCUT2D eigenvalue weighted by molar-refractivity contribution is 0.591. The molecule has 0 fully saturated rings. The summed E-state index contributed by atoms with van der Waals surface area (Å²) in [6, 6.07) is 14.1. The number of halogens is 1. The number of nitrogens with zero attached hydrogens (tertiary/aromatic N) is 2. The van der Waals surface area contributed by atoms with Gasteiger partial charge in [-0.25, -0.2) is 9.37 Å². The molecule has 0 radical (unpaired) electrons. The van der Waals surface area contributed by atoms with Gasteiger partial charge in [-0.15, -0.1) is 0 Å². The van der Waals surface area contributed by atoms with Gasteiger partial charge in [-0.3, -0.25) is 4.57 Å². The lowest BCUT2D eigenvalue weighted by atomic mass is 10.2. The van der Waals surface area contributed by atoms with Crippen molar-refractivity contribution in [2.24, 2.45) is 0 Å². The Hall–Kier alpha value is -2.11. The van der Waals surface area contributed by atoms with Gasteiger partial charge < -0.3 is 5.32 Å². The molecular formula is C17H16FN3S. The van der Waals surface area contributed by atoms with Gasteiger partial charge in [0, 0.05) is 11.1 Å². The molecule has 2 aromatic carbocycles. The minimum atomic E-state index is -0.271. The number of fused-ring (bicyclic) bond motifs is 1. The Balaban J connectivity index is 2.37. The predicted octanol–water partition coefficient (Wildman–Crippen LogP) is 4.17. The van der Waals surface area contributed by atoms with Crippen molar-refractivity contribution in [1.82, 2.24) is 14.9 Å². The van der Waals surface area contributed by atoms with Crippen molar-refractivity contribution in [3.05, 3.63) is 64.8 Å². The van der Waals surface area contributed by atoms with Crippen molar-refractivity contribution in [3.8, 4) is 5.69 Å². The molecule has 0 amide bonds. The van der Waals surface area contributed by atoms with E-state index >= 15 is 0 Å². The van der Waals surface area contributed by atoms with Crippen LogP contribution in [0.15, 0.2) is 48.5 Å². The number of aromatic nitrogens is 2. The van der Waals surface area contributed by atoms with Crippen LogP contribution in [0.2, 0.25) is 0 Å². The fraction of sp³-hybridized carbons (Fsp3) is 0.176. The SMILES string of the molecule is CNC(C)c1nc2ccccc2c(=S)n1-c1ccc(F)cc1. The van der Waals surface area contributed by atoms with Crippen LogP contribution >= 0.6 is 12.2 Å². The Morgan fingerprint density at radius 1 is 1.14 bits per heavy atom. The third-order valence-corrected chi connectivity index (χ3v) is 4.11. The predicted molar refractivity (Wildman–Crippen MR) is 89.3 cm³/mol. The quantitative estimate of drug-likeness (QED) is 0.736. The van der Waals surface area contributed by atoms with Crippen molar-refractivity contribution in [1.29, 1.82) is 0 Å². The van der Waals surface area contributed by atoms with Crippen molar-refractivity contribution >= 4 is 23.1 Å². The zero-order valence-electron chi connectivity index (χ0n) is 12.4. The summed E-state index contributed by atoms with van der Waals surface area (Å²) in [5.41, 5.74) is 1.67. The Kier molecular flexibility index (Phi) is 4.00. The summed E-state index contributed by atoms with van der Waals surface area (Å²) >= 11 is 5.66. The molecule has 0 spiro atoms. The molecule has 22 heavy (non-hydrogen) atoms. The van der Waals surface area contributed by atoms with Crippen molar-refractivity contribution in [2.45, 2.75) is 13.0 Å². The molecule has 3 aromatic rings. The summed E-state index contributed by atoms with van der Waals surface area (Å²) in [6.45, 7) is 2.02. The maximum Gasteiger partial charge on any atom is 0.131 e. The van der Waals surface area contributed by atoms with E-state index in [4.69, 9.17) is 17.2 Å². The van der Waals surface area contributed by atoms with E-state index in [0.29, 0.717) is 4.64 Å². The lowest BCUT2D eigenvalue weighted by Crippen LogP contribution is -2.20. The van der Waals surface area contributed by atoms with E-state index in [1.165, 1.54) is 12.1 Å². The molecule has 1 atom stereocenters. The minimum Gasteiger partial charge on any atom is -0.311 e. The molecule has 0 aliphatic rings. The van der Waals surface area contributed by atoms with Gasteiger partial charge in [0.2, 0.25) is 0 Å². The molecule has 5 heteroatoms. The van der Waals surface area contributed by atoms with Gasteiger partial charge in [0.25, 0.3) is 0 Å². The van der Waals surface area contributed by atoms with Gasteiger partial charge in [-0.2, -0.15) is 0 Å². The van der Waals surface area contributed by atoms with E-state index in [-0.39, 0.29) is 11.9 Å². The topological polar surface area (TPSA) is 29.9 Å². The van der Waals surface area contributed by atoms with Crippen LogP contribution in [0.3, 0.4) is 0 Å². The second-order valence-corrected chi connectivity index (χ2v) is 5.50. The number of benzene rings is 2. The lowest BCUT2D eigenvalue weighted by Gasteiger charge is -2.19. The smallest absolute Gasteiger partial charge is 0.131 e. The molecule has 3 rings (SSSR count). The highest BCUT2D eigenvalue weighted by Gasteiger charge is 2.14. The highest BCUT2D eigenvalue weighted by Crippen LogP contribution is 2.23. The average molecular weight is 313 g/mol. The molecule has 0 bridgehead atoms. The van der Waals surface area contributed by atoms with Gasteiger partial charge in [0.1, 0.15) is 16.3 Å². The second kappa shape index (κ2) is 5.94. The van der Waals surface area contributed by atoms with Crippen molar-refractivity contribution in [2.75, 3.05) is 7.05 Å². The Morgan fingerprint density at radius 3 is 2.50 bits per heavy atom. The molecule has 1 N–H and O–H groups in total. The summed E-state index contributed by atoms with van der Waals surface area (Å²) in [5, 5.41) is 4.10. The maximum absolute atomic E-state index is 13.2. The Bertz CT molecular complexity index is 871. The van der Waals surface area contributed by atoms with Gasteiger partial charge >= 0.3 is 0 Å². The van der Waals surface area contributed by atoms with Crippen LogP contribution in [0.4, 0.5) is 4.39 Å². The molecule has 0 saturated heterocycles. The molecular weight excluding hydrogens is 297 g/mol. The van der Waals surface area contributed by atoms with Gasteiger partial charge in [0.15, 0.2) is 0 Å². The standard InChI is InChI=1S/C17H16FN3S/c1-11(19-2)16-20-15-6-4-3-5-14(15)17(22)21(16)13-9-7-12(18)8-10-13/h3-11,19H,1-2H3. The van der Waals surface area contributed by atoms with Crippen LogP contribution in [0, 0.1) is 10.5 Å². The number of nitrogens with one attached hydrogen (secondary N) is 1. The Labute approximate surface area is 133 Å². The fourth-order valence-corrected chi connectivity index (χ4v) is 2.78. The number of hydrogen-bond donors (Lipinski definition) is 1. The molecule has 112 valence electrons. The summed E-state index contributed by atoms with van der Waals surface area (Å²) < 4.78 is 15.8. The largest absolute Gasteiger partial charge is 0.311 e. The first-order chi connectivity index (χ1) is 10.6. The molecule has 1 unspecified atom stereocenters. The molecule has 1 heterocycles. The molecule has 0 aliphatic carbocycles. The zero-order chi connectivity index (χ0) is 15.7. The van der Waals surface area contributed by atoms with Gasteiger partial charge in [0.05, 0.1) is 11.6 Å². The van der Waals surface area contributed by atoms with E-state index in [2.05, 4.69) is 5.32 Å². The second-order valence-electron chi connectivity index (χ2n) is 5.11. The maximum atomic E-state index is 13.2. The van der Waals surface area contributed by atoms with E-state index < -0.39 is 0 Å². The summed E-state index contributed by atoms with van der Waals surface area (Å²) in [4.78, 5) is 4.75. The van der Waals surface area contributed by atoms with E-state index in [9.17, 15) is 4.39 Å². The first kappa shape index (κ1) is 14.8. The van der Waals surface area contributed by atoms with Gasteiger partial charge in [-0.1, -0.05) is 24.4 Å². The van der Waals surface area contributed by atoms with Gasteiger partial charge in [-0.05, 0) is 50.4 Å². The summed E-state index contributed by atoms with van der Waals surface area (Å²) in [7, 11) is 1.87. The van der Waals surface area contributed by atoms with Crippen LogP contribution in [-0.2, 0) is 0 Å². The van der Waals surface area contributed by atoms with E-state index in [1.807, 2.05) is 42.8 Å². The highest BCUT2D eigenvalue weighted by atomic mass is 32.1. The molecule has 0 aliphatic heterocycles. The van der Waals surface area contributed by atoms with Crippen LogP contribution in [0.5, 0.6) is 0 Å². The third-order valence-electron chi connectivity index (χ3n) is 3.71. The third kappa shape index (κ3) is 2.53. The molecule has 0 saturated carbocycles.